The Balaban J connectivity index is 0.000000550. The number of nitrogens with one attached hydrogen (secondary N) is 1. The van der Waals surface area contributed by atoms with E-state index in [0.29, 0.717) is 0 Å². The van der Waals surface area contributed by atoms with Gasteiger partial charge in [0.15, 0.2) is 0 Å². The van der Waals surface area contributed by atoms with Crippen LogP contribution in [0.25, 0.3) is 11.1 Å². The second-order valence-electron chi connectivity index (χ2n) is 3.57. The summed E-state index contributed by atoms with van der Waals surface area (Å²) in [5, 5.41) is 5.40. The number of isocyanates is 1. The van der Waals surface area contributed by atoms with Crippen LogP contribution >= 0.6 is 0 Å². The van der Waals surface area contributed by atoms with Crippen molar-refractivity contribution in [3.63, 3.8) is 0 Å². The first-order valence-electron chi connectivity index (χ1n) is 5.57. The normalized spacial score (nSPS) is 8.74. The van der Waals surface area contributed by atoms with Crippen LogP contribution < -0.4 is 9.47 Å². The summed E-state index contributed by atoms with van der Waals surface area (Å²) in [4.78, 5) is 8.35. The van der Waals surface area contributed by atoms with Crippen LogP contribution in [0.1, 0.15) is 0 Å². The van der Waals surface area contributed by atoms with Gasteiger partial charge < -0.3 is 9.47 Å². The van der Waals surface area contributed by atoms with E-state index in [1.54, 1.807) is 14.2 Å². The Kier molecular flexibility index (Phi) is 5.86. The van der Waals surface area contributed by atoms with Gasteiger partial charge in [-0.05, 0) is 35.4 Å². The van der Waals surface area contributed by atoms with E-state index in [4.69, 9.17) is 19.7 Å². The summed E-state index contributed by atoms with van der Waals surface area (Å²) in [6.07, 6.45) is 0.750. The molecule has 0 aliphatic rings. The van der Waals surface area contributed by atoms with Crippen LogP contribution in [0.2, 0.25) is 0 Å². The average Bonchev–Trinajstić information content (AvgIpc) is 2.48. The fraction of sp³-hybridized carbons (Fsp3) is 0.133. The van der Waals surface area contributed by atoms with Gasteiger partial charge in [0.1, 0.15) is 11.5 Å². The van der Waals surface area contributed by atoms with E-state index in [2.05, 4.69) is 12.1 Å². The van der Waals surface area contributed by atoms with Crippen molar-refractivity contribution in [2.24, 2.45) is 0 Å². The topological polar surface area (TPSA) is 59.4 Å². The highest BCUT2D eigenvalue weighted by Crippen LogP contribution is 2.26. The van der Waals surface area contributed by atoms with Crippen LogP contribution in [0.15, 0.2) is 48.5 Å². The van der Waals surface area contributed by atoms with E-state index in [9.17, 15) is 0 Å². The smallest absolute Gasteiger partial charge is 0.231 e. The predicted octanol–water partition coefficient (Wildman–Crippen LogP) is 3.27. The number of methoxy groups -OCH3 is 2. The molecule has 0 bridgehead atoms. The van der Waals surface area contributed by atoms with E-state index in [0.717, 1.165) is 28.7 Å². The SMILES string of the molecule is COc1cccc(-c2cccc(OC)c2)c1.N=C=O. The minimum Gasteiger partial charge on any atom is -0.497 e. The molecule has 4 heteroatoms. The lowest BCUT2D eigenvalue weighted by Gasteiger charge is -2.06. The zero-order chi connectivity index (χ0) is 14.1. The summed E-state index contributed by atoms with van der Waals surface area (Å²) in [5.41, 5.74) is 2.25. The molecule has 0 atom stereocenters. The quantitative estimate of drug-likeness (QED) is 0.678. The molecular formula is C15H15NO3. The van der Waals surface area contributed by atoms with Crippen molar-refractivity contribution in [1.29, 1.82) is 5.41 Å². The molecular weight excluding hydrogens is 242 g/mol. The molecule has 0 amide bonds. The fourth-order valence-electron chi connectivity index (χ4n) is 1.61. The van der Waals surface area contributed by atoms with Gasteiger partial charge in [0, 0.05) is 0 Å². The summed E-state index contributed by atoms with van der Waals surface area (Å²) in [7, 11) is 3.34. The van der Waals surface area contributed by atoms with Crippen molar-refractivity contribution in [3.8, 4) is 22.6 Å². The predicted molar refractivity (Wildman–Crippen MR) is 73.4 cm³/mol. The maximum absolute atomic E-state index is 8.35. The largest absolute Gasteiger partial charge is 0.497 e. The molecule has 0 aliphatic heterocycles. The lowest BCUT2D eigenvalue weighted by atomic mass is 10.1. The van der Waals surface area contributed by atoms with Crippen LogP contribution in [0.4, 0.5) is 0 Å². The van der Waals surface area contributed by atoms with Crippen LogP contribution in [-0.2, 0) is 4.79 Å². The van der Waals surface area contributed by atoms with Gasteiger partial charge >= 0.3 is 0 Å². The molecule has 2 rings (SSSR count). The van der Waals surface area contributed by atoms with Gasteiger partial charge in [0.05, 0.1) is 14.2 Å². The lowest BCUT2D eigenvalue weighted by Crippen LogP contribution is -1.85. The highest BCUT2D eigenvalue weighted by Gasteiger charge is 2.00. The molecule has 0 heterocycles. The maximum atomic E-state index is 8.35. The molecule has 2 aromatic rings. The van der Waals surface area contributed by atoms with Crippen LogP contribution in [0.5, 0.6) is 11.5 Å². The Morgan fingerprint density at radius 1 is 0.895 bits per heavy atom. The molecule has 1 N–H and O–H groups in total. The number of rotatable bonds is 3. The highest BCUT2D eigenvalue weighted by molar-refractivity contribution is 5.66. The van der Waals surface area contributed by atoms with Crippen molar-refractivity contribution in [3.05, 3.63) is 48.5 Å². The van der Waals surface area contributed by atoms with Crippen molar-refractivity contribution in [1.82, 2.24) is 0 Å². The summed E-state index contributed by atoms with van der Waals surface area (Å²) in [6, 6.07) is 16.0. The molecule has 0 aliphatic carbocycles. The van der Waals surface area contributed by atoms with E-state index in [-0.39, 0.29) is 0 Å². The third-order valence-corrected chi connectivity index (χ3v) is 2.47. The van der Waals surface area contributed by atoms with Crippen molar-refractivity contribution in [2.45, 2.75) is 0 Å². The van der Waals surface area contributed by atoms with Crippen LogP contribution in [0, 0.1) is 5.41 Å². The van der Waals surface area contributed by atoms with Gasteiger partial charge in [0.25, 0.3) is 0 Å². The number of ether oxygens (including phenoxy) is 2. The summed E-state index contributed by atoms with van der Waals surface area (Å²) in [5.74, 6) is 1.72. The summed E-state index contributed by atoms with van der Waals surface area (Å²) >= 11 is 0. The highest BCUT2D eigenvalue weighted by atomic mass is 16.5. The Labute approximate surface area is 112 Å². The second kappa shape index (κ2) is 7.69. The van der Waals surface area contributed by atoms with Crippen molar-refractivity contribution in [2.75, 3.05) is 14.2 Å². The van der Waals surface area contributed by atoms with E-state index in [1.807, 2.05) is 36.4 Å². The molecule has 2 aromatic carbocycles. The van der Waals surface area contributed by atoms with Crippen LogP contribution in [0.3, 0.4) is 0 Å². The molecule has 0 aromatic heterocycles. The molecule has 0 radical (unpaired) electrons. The Morgan fingerprint density at radius 3 is 1.58 bits per heavy atom. The summed E-state index contributed by atoms with van der Waals surface area (Å²) in [6.45, 7) is 0. The Bertz CT molecular complexity index is 515. The van der Waals surface area contributed by atoms with Gasteiger partial charge in [-0.3, -0.25) is 0 Å². The first-order valence-corrected chi connectivity index (χ1v) is 5.57. The molecule has 0 unspecified atom stereocenters. The standard InChI is InChI=1S/C14H14O2.CHNO/c1-15-13-7-3-5-11(9-13)12-6-4-8-14(10-12)16-2;2-1-3/h3-10H,1-2H3;2H. The minimum atomic E-state index is 0.750. The monoisotopic (exact) mass is 257 g/mol. The van der Waals surface area contributed by atoms with Gasteiger partial charge in [-0.2, -0.15) is 0 Å². The zero-order valence-electron chi connectivity index (χ0n) is 10.8. The van der Waals surface area contributed by atoms with E-state index >= 15 is 0 Å². The Morgan fingerprint density at radius 2 is 1.26 bits per heavy atom. The number of hydrogen-bond donors (Lipinski definition) is 1. The molecule has 98 valence electrons. The third-order valence-electron chi connectivity index (χ3n) is 2.47. The zero-order valence-corrected chi connectivity index (χ0v) is 10.8. The van der Waals surface area contributed by atoms with Crippen molar-refractivity contribution < 1.29 is 14.3 Å². The molecule has 0 fully saturated rings. The second-order valence-corrected chi connectivity index (χ2v) is 3.57. The molecule has 0 saturated carbocycles. The average molecular weight is 257 g/mol. The molecule has 19 heavy (non-hydrogen) atoms. The summed E-state index contributed by atoms with van der Waals surface area (Å²) < 4.78 is 10.4. The first-order chi connectivity index (χ1) is 9.24. The van der Waals surface area contributed by atoms with Gasteiger partial charge in [0.2, 0.25) is 6.08 Å². The molecule has 0 spiro atoms. The van der Waals surface area contributed by atoms with Gasteiger partial charge in [-0.25, -0.2) is 10.2 Å². The molecule has 0 saturated heterocycles. The number of carbonyl (C=O) groups excluding carboxylic acids is 1. The number of benzene rings is 2. The van der Waals surface area contributed by atoms with E-state index in [1.165, 1.54) is 0 Å². The molecule has 4 nitrogen and oxygen atoms in total. The van der Waals surface area contributed by atoms with Crippen molar-refractivity contribution >= 4 is 6.08 Å². The van der Waals surface area contributed by atoms with Gasteiger partial charge in [-0.15, -0.1) is 0 Å². The minimum absolute atomic E-state index is 0.750. The fourth-order valence-corrected chi connectivity index (χ4v) is 1.61. The van der Waals surface area contributed by atoms with Gasteiger partial charge in [-0.1, -0.05) is 24.3 Å². The van der Waals surface area contributed by atoms with Crippen LogP contribution in [-0.4, -0.2) is 20.3 Å². The number of hydrogen-bond acceptors (Lipinski definition) is 4. The first kappa shape index (κ1) is 14.5. The lowest BCUT2D eigenvalue weighted by molar-refractivity contribution is 0.414. The maximum Gasteiger partial charge on any atom is 0.231 e. The van der Waals surface area contributed by atoms with E-state index < -0.39 is 0 Å². The Hall–Kier alpha value is -2.58. The third kappa shape index (κ3) is 4.30.